The molecular formula is C8H10BrNO2. The van der Waals surface area contributed by atoms with Gasteiger partial charge in [0.25, 0.3) is 0 Å². The van der Waals surface area contributed by atoms with Gasteiger partial charge >= 0.3 is 0 Å². The first-order valence-corrected chi connectivity index (χ1v) is 4.24. The number of phenolic OH excluding ortho intramolecular Hbond substituents is 1. The molecule has 12 heavy (non-hydrogen) atoms. The van der Waals surface area contributed by atoms with Gasteiger partial charge in [-0.15, -0.1) is 0 Å². The molecule has 0 atom stereocenters. The Morgan fingerprint density at radius 2 is 2.25 bits per heavy atom. The Bertz CT molecular complexity index is 289. The number of phenols is 1. The van der Waals surface area contributed by atoms with E-state index in [4.69, 9.17) is 10.5 Å². The van der Waals surface area contributed by atoms with Gasteiger partial charge < -0.3 is 15.6 Å². The third kappa shape index (κ3) is 1.54. The Balaban J connectivity index is 3.25. The lowest BCUT2D eigenvalue weighted by molar-refractivity contribution is 0.368. The lowest BCUT2D eigenvalue weighted by atomic mass is 10.2. The summed E-state index contributed by atoms with van der Waals surface area (Å²) in [7, 11) is 1.50. The van der Waals surface area contributed by atoms with Gasteiger partial charge in [0.2, 0.25) is 0 Å². The monoisotopic (exact) mass is 231 g/mol. The Kier molecular flexibility index (Phi) is 2.94. The van der Waals surface area contributed by atoms with Crippen molar-refractivity contribution in [3.8, 4) is 11.5 Å². The van der Waals surface area contributed by atoms with Crippen LogP contribution in [0.5, 0.6) is 11.5 Å². The average Bonchev–Trinajstić information content (AvgIpc) is 2.09. The number of aromatic hydroxyl groups is 1. The van der Waals surface area contributed by atoms with Crippen molar-refractivity contribution in [3.63, 3.8) is 0 Å². The molecule has 66 valence electrons. The number of hydrogen-bond acceptors (Lipinski definition) is 3. The zero-order valence-corrected chi connectivity index (χ0v) is 8.26. The summed E-state index contributed by atoms with van der Waals surface area (Å²) in [5, 5.41) is 9.48. The van der Waals surface area contributed by atoms with E-state index in [0.29, 0.717) is 16.8 Å². The number of nitrogens with two attached hydrogens (primary N) is 1. The minimum atomic E-state index is 0.0976. The molecule has 0 fully saturated rings. The van der Waals surface area contributed by atoms with Gasteiger partial charge in [0.15, 0.2) is 11.5 Å². The second-order valence-corrected chi connectivity index (χ2v) is 3.15. The normalized spacial score (nSPS) is 9.92. The van der Waals surface area contributed by atoms with E-state index in [1.54, 1.807) is 6.07 Å². The van der Waals surface area contributed by atoms with Gasteiger partial charge in [0.05, 0.1) is 11.6 Å². The fraction of sp³-hybridized carbons (Fsp3) is 0.250. The van der Waals surface area contributed by atoms with Crippen molar-refractivity contribution in [2.75, 3.05) is 7.11 Å². The second-order valence-electron chi connectivity index (χ2n) is 2.29. The van der Waals surface area contributed by atoms with Crippen LogP contribution in [-0.4, -0.2) is 12.2 Å². The lowest BCUT2D eigenvalue weighted by Gasteiger charge is -2.09. The quantitative estimate of drug-likeness (QED) is 0.814. The maximum Gasteiger partial charge on any atom is 0.172 e. The van der Waals surface area contributed by atoms with Crippen LogP contribution in [-0.2, 0) is 6.54 Å². The van der Waals surface area contributed by atoms with E-state index in [-0.39, 0.29) is 5.75 Å². The predicted octanol–water partition coefficient (Wildman–Crippen LogP) is 1.62. The molecule has 0 heterocycles. The number of hydrogen-bond donors (Lipinski definition) is 2. The predicted molar refractivity (Wildman–Crippen MR) is 50.3 cm³/mol. The van der Waals surface area contributed by atoms with E-state index >= 15 is 0 Å². The van der Waals surface area contributed by atoms with Crippen LogP contribution in [0, 0.1) is 0 Å². The van der Waals surface area contributed by atoms with E-state index in [0.717, 1.165) is 5.56 Å². The summed E-state index contributed by atoms with van der Waals surface area (Å²) in [4.78, 5) is 0. The van der Waals surface area contributed by atoms with Gasteiger partial charge in [-0.2, -0.15) is 0 Å². The summed E-state index contributed by atoms with van der Waals surface area (Å²) < 4.78 is 5.60. The molecule has 4 heteroatoms. The molecule has 0 aliphatic carbocycles. The molecule has 0 aromatic heterocycles. The van der Waals surface area contributed by atoms with Gasteiger partial charge in [-0.05, 0) is 22.0 Å². The molecule has 0 radical (unpaired) electrons. The van der Waals surface area contributed by atoms with Crippen molar-refractivity contribution < 1.29 is 9.84 Å². The Hall–Kier alpha value is -0.740. The highest BCUT2D eigenvalue weighted by Gasteiger charge is 2.09. The molecule has 0 spiro atoms. The summed E-state index contributed by atoms with van der Waals surface area (Å²) in [6, 6.07) is 3.54. The molecule has 3 nitrogen and oxygen atoms in total. The first-order chi connectivity index (χ1) is 5.70. The number of halogens is 1. The highest BCUT2D eigenvalue weighted by molar-refractivity contribution is 9.10. The maximum absolute atomic E-state index is 9.48. The molecule has 0 unspecified atom stereocenters. The van der Waals surface area contributed by atoms with Crippen LogP contribution in [0.25, 0.3) is 0 Å². The molecule has 1 rings (SSSR count). The highest BCUT2D eigenvalue weighted by atomic mass is 79.9. The summed E-state index contributed by atoms with van der Waals surface area (Å²) in [6.45, 7) is 0.351. The third-order valence-corrected chi connectivity index (χ3v) is 2.23. The zero-order valence-electron chi connectivity index (χ0n) is 6.67. The first-order valence-electron chi connectivity index (χ1n) is 3.45. The van der Waals surface area contributed by atoms with E-state index < -0.39 is 0 Å². The van der Waals surface area contributed by atoms with Crippen molar-refractivity contribution in [1.29, 1.82) is 0 Å². The average molecular weight is 232 g/mol. The van der Waals surface area contributed by atoms with Crippen LogP contribution in [0.1, 0.15) is 5.56 Å². The molecule has 0 amide bonds. The zero-order chi connectivity index (χ0) is 9.14. The molecule has 3 N–H and O–H groups in total. The van der Waals surface area contributed by atoms with E-state index in [1.165, 1.54) is 7.11 Å². The van der Waals surface area contributed by atoms with Gasteiger partial charge in [-0.1, -0.05) is 6.07 Å². The highest BCUT2D eigenvalue weighted by Crippen LogP contribution is 2.36. The molecule has 0 bridgehead atoms. The molecular weight excluding hydrogens is 222 g/mol. The molecule has 0 aliphatic heterocycles. The number of rotatable bonds is 2. The van der Waals surface area contributed by atoms with Crippen LogP contribution in [0.4, 0.5) is 0 Å². The van der Waals surface area contributed by atoms with Crippen LogP contribution in [0.15, 0.2) is 16.6 Å². The van der Waals surface area contributed by atoms with Crippen molar-refractivity contribution in [1.82, 2.24) is 0 Å². The van der Waals surface area contributed by atoms with Crippen LogP contribution in [0.2, 0.25) is 0 Å². The van der Waals surface area contributed by atoms with Gasteiger partial charge in [0, 0.05) is 12.1 Å². The Morgan fingerprint density at radius 1 is 1.58 bits per heavy atom. The fourth-order valence-corrected chi connectivity index (χ4v) is 1.29. The summed E-state index contributed by atoms with van der Waals surface area (Å²) in [6.07, 6.45) is 0. The van der Waals surface area contributed by atoms with Crippen molar-refractivity contribution in [2.24, 2.45) is 5.73 Å². The number of methoxy groups -OCH3 is 1. The summed E-state index contributed by atoms with van der Waals surface area (Å²) >= 11 is 3.18. The first kappa shape index (κ1) is 9.35. The molecule has 0 saturated heterocycles. The number of ether oxygens (including phenoxy) is 1. The maximum atomic E-state index is 9.48. The van der Waals surface area contributed by atoms with Gasteiger partial charge in [0.1, 0.15) is 0 Å². The largest absolute Gasteiger partial charge is 0.503 e. The SMILES string of the molecule is COc1c(CN)ccc(Br)c1O. The van der Waals surface area contributed by atoms with E-state index in [1.807, 2.05) is 6.07 Å². The smallest absolute Gasteiger partial charge is 0.172 e. The Morgan fingerprint density at radius 3 is 2.75 bits per heavy atom. The molecule has 1 aromatic carbocycles. The number of benzene rings is 1. The van der Waals surface area contributed by atoms with Gasteiger partial charge in [-0.25, -0.2) is 0 Å². The second kappa shape index (κ2) is 3.78. The Labute approximate surface area is 79.3 Å². The summed E-state index contributed by atoms with van der Waals surface area (Å²) in [5.41, 5.74) is 6.23. The third-order valence-electron chi connectivity index (χ3n) is 1.59. The van der Waals surface area contributed by atoms with E-state index in [9.17, 15) is 5.11 Å². The lowest BCUT2D eigenvalue weighted by Crippen LogP contribution is -1.99. The fourth-order valence-electron chi connectivity index (χ4n) is 0.977. The van der Waals surface area contributed by atoms with Crippen LogP contribution in [0.3, 0.4) is 0 Å². The standard InChI is InChI=1S/C8H10BrNO2/c1-12-8-5(4-10)2-3-6(9)7(8)11/h2-3,11H,4,10H2,1H3. The van der Waals surface area contributed by atoms with E-state index in [2.05, 4.69) is 15.9 Å². The topological polar surface area (TPSA) is 55.5 Å². The molecule has 1 aromatic rings. The van der Waals surface area contributed by atoms with Gasteiger partial charge in [-0.3, -0.25) is 0 Å². The van der Waals surface area contributed by atoms with Crippen molar-refractivity contribution >= 4 is 15.9 Å². The summed E-state index contributed by atoms with van der Waals surface area (Å²) in [5.74, 6) is 0.535. The minimum Gasteiger partial charge on any atom is -0.503 e. The van der Waals surface area contributed by atoms with Crippen LogP contribution >= 0.6 is 15.9 Å². The molecule has 0 aliphatic rings. The molecule has 0 saturated carbocycles. The van der Waals surface area contributed by atoms with Crippen LogP contribution < -0.4 is 10.5 Å². The van der Waals surface area contributed by atoms with Crippen molar-refractivity contribution in [3.05, 3.63) is 22.2 Å². The van der Waals surface area contributed by atoms with Crippen molar-refractivity contribution in [2.45, 2.75) is 6.54 Å². The minimum absolute atomic E-state index is 0.0976.